The van der Waals surface area contributed by atoms with Crippen LogP contribution in [-0.2, 0) is 12.5 Å². The average molecular weight is 374 g/mol. The first-order valence-electron chi connectivity index (χ1n) is 7.96. The van der Waals surface area contributed by atoms with Crippen molar-refractivity contribution in [2.75, 3.05) is 0 Å². The van der Waals surface area contributed by atoms with E-state index in [1.54, 1.807) is 4.68 Å². The lowest BCUT2D eigenvalue weighted by Gasteiger charge is -2.13. The summed E-state index contributed by atoms with van der Waals surface area (Å²) in [5, 5.41) is 18.0. The van der Waals surface area contributed by atoms with Gasteiger partial charge in [0, 0.05) is 18.0 Å². The largest absolute Gasteiger partial charge is 0.265 e. The fourth-order valence-electron chi connectivity index (χ4n) is 2.57. The minimum atomic E-state index is -0.934. The topological polar surface area (TPSA) is 60.9 Å². The summed E-state index contributed by atoms with van der Waals surface area (Å²) in [6, 6.07) is 5.61. The molecule has 0 spiro atoms. The summed E-state index contributed by atoms with van der Waals surface area (Å²) in [5.74, 6) is -1.48. The van der Waals surface area contributed by atoms with Crippen molar-refractivity contribution in [1.82, 2.24) is 29.6 Å². The molecule has 0 aliphatic heterocycles. The van der Waals surface area contributed by atoms with Crippen LogP contribution in [0.2, 0.25) is 0 Å². The van der Waals surface area contributed by atoms with Gasteiger partial charge in [0.25, 0.3) is 0 Å². The van der Waals surface area contributed by atoms with Crippen LogP contribution < -0.4 is 0 Å². The monoisotopic (exact) mass is 374 g/mol. The van der Waals surface area contributed by atoms with Gasteiger partial charge in [-0.2, -0.15) is 14.7 Å². The summed E-state index contributed by atoms with van der Waals surface area (Å²) >= 11 is 1.36. The summed E-state index contributed by atoms with van der Waals surface area (Å²) in [6.07, 6.45) is 0. The molecule has 0 amide bonds. The molecule has 0 saturated carbocycles. The van der Waals surface area contributed by atoms with Crippen molar-refractivity contribution in [2.45, 2.75) is 26.2 Å². The first-order chi connectivity index (χ1) is 12.2. The molecular formula is C17H16F2N6S. The molecule has 4 aromatic rings. The fraction of sp³-hybridized carbons (Fsp3) is 0.294. The summed E-state index contributed by atoms with van der Waals surface area (Å²) in [6.45, 7) is 6.29. The highest BCUT2D eigenvalue weighted by Gasteiger charge is 2.22. The molecule has 0 fully saturated rings. The molecule has 0 radical (unpaired) electrons. The zero-order valence-corrected chi connectivity index (χ0v) is 15.5. The first-order valence-corrected chi connectivity index (χ1v) is 8.78. The molecule has 6 nitrogen and oxygen atoms in total. The van der Waals surface area contributed by atoms with Gasteiger partial charge in [0.2, 0.25) is 4.96 Å². The number of benzene rings is 1. The maximum Gasteiger partial charge on any atom is 0.235 e. The maximum atomic E-state index is 13.5. The number of aryl methyl sites for hydroxylation is 1. The molecule has 4 rings (SSSR count). The van der Waals surface area contributed by atoms with E-state index in [2.05, 4.69) is 41.2 Å². The summed E-state index contributed by atoms with van der Waals surface area (Å²) < 4.78 is 30.0. The third-order valence-corrected chi connectivity index (χ3v) is 4.96. The van der Waals surface area contributed by atoms with Gasteiger partial charge in [-0.15, -0.1) is 10.2 Å². The van der Waals surface area contributed by atoms with Gasteiger partial charge in [-0.05, 0) is 24.3 Å². The number of rotatable bonds is 2. The minimum Gasteiger partial charge on any atom is -0.265 e. The Balaban J connectivity index is 1.82. The highest BCUT2D eigenvalue weighted by atomic mass is 32.1. The van der Waals surface area contributed by atoms with E-state index in [1.807, 2.05) is 13.1 Å². The lowest BCUT2D eigenvalue weighted by Crippen LogP contribution is -2.12. The SMILES string of the molecule is Cn1nc(C(C)(C)C)cc1-c1nn2c(-c3ccc(F)c(F)c3)nnc2s1. The predicted molar refractivity (Wildman–Crippen MR) is 94.9 cm³/mol. The predicted octanol–water partition coefficient (Wildman–Crippen LogP) is 3.83. The third kappa shape index (κ3) is 2.68. The molecule has 0 unspecified atom stereocenters. The molecule has 9 heteroatoms. The van der Waals surface area contributed by atoms with Crippen molar-refractivity contribution in [3.8, 4) is 22.1 Å². The Bertz CT molecular complexity index is 1120. The Hall–Kier alpha value is -2.68. The zero-order chi connectivity index (χ0) is 18.6. The van der Waals surface area contributed by atoms with Gasteiger partial charge in [-0.1, -0.05) is 32.1 Å². The van der Waals surface area contributed by atoms with Crippen molar-refractivity contribution in [3.05, 3.63) is 41.6 Å². The second kappa shape index (κ2) is 5.66. The summed E-state index contributed by atoms with van der Waals surface area (Å²) in [7, 11) is 1.86. The average Bonchev–Trinajstić information content (AvgIpc) is 3.22. The van der Waals surface area contributed by atoms with E-state index in [0.717, 1.165) is 28.5 Å². The van der Waals surface area contributed by atoms with Crippen molar-refractivity contribution >= 4 is 16.3 Å². The summed E-state index contributed by atoms with van der Waals surface area (Å²) in [4.78, 5) is 0.568. The van der Waals surface area contributed by atoms with E-state index >= 15 is 0 Å². The Morgan fingerprint density at radius 3 is 2.42 bits per heavy atom. The van der Waals surface area contributed by atoms with Gasteiger partial charge in [-0.25, -0.2) is 8.78 Å². The molecular weight excluding hydrogens is 358 g/mol. The van der Waals surface area contributed by atoms with Crippen LogP contribution in [0.25, 0.3) is 27.1 Å². The Morgan fingerprint density at radius 2 is 1.77 bits per heavy atom. The van der Waals surface area contributed by atoms with Crippen LogP contribution in [0.1, 0.15) is 26.5 Å². The highest BCUT2D eigenvalue weighted by Crippen LogP contribution is 2.31. The fourth-order valence-corrected chi connectivity index (χ4v) is 3.46. The standard InChI is InChI=1S/C17H16F2N6S/c1-17(2,3)13-8-12(24(4)22-13)15-23-25-14(20-21-16(25)26-15)9-5-6-10(18)11(19)7-9/h5-8H,1-4H3. The van der Waals surface area contributed by atoms with E-state index in [1.165, 1.54) is 21.9 Å². The molecule has 1 aromatic carbocycles. The molecule has 0 bridgehead atoms. The van der Waals surface area contributed by atoms with E-state index in [9.17, 15) is 8.78 Å². The van der Waals surface area contributed by atoms with Gasteiger partial charge >= 0.3 is 0 Å². The number of fused-ring (bicyclic) bond motifs is 1. The second-order valence-corrected chi connectivity index (χ2v) is 8.00. The molecule has 26 heavy (non-hydrogen) atoms. The molecule has 3 heterocycles. The normalized spacial score (nSPS) is 12.2. The lowest BCUT2D eigenvalue weighted by atomic mass is 9.92. The molecule has 134 valence electrons. The third-order valence-electron chi connectivity index (χ3n) is 4.04. The number of halogens is 2. The van der Waals surface area contributed by atoms with Crippen LogP contribution in [0.4, 0.5) is 8.78 Å². The van der Waals surface area contributed by atoms with Crippen molar-refractivity contribution in [1.29, 1.82) is 0 Å². The van der Waals surface area contributed by atoms with Crippen LogP contribution >= 0.6 is 11.3 Å². The van der Waals surface area contributed by atoms with E-state index in [0.29, 0.717) is 16.3 Å². The van der Waals surface area contributed by atoms with Crippen LogP contribution in [0.3, 0.4) is 0 Å². The Morgan fingerprint density at radius 1 is 1.00 bits per heavy atom. The van der Waals surface area contributed by atoms with E-state index in [-0.39, 0.29) is 5.41 Å². The van der Waals surface area contributed by atoms with Gasteiger partial charge in [0.1, 0.15) is 0 Å². The number of hydrogen-bond donors (Lipinski definition) is 0. The van der Waals surface area contributed by atoms with Crippen LogP contribution in [-0.4, -0.2) is 29.6 Å². The number of hydrogen-bond acceptors (Lipinski definition) is 5. The van der Waals surface area contributed by atoms with Gasteiger partial charge in [0.05, 0.1) is 11.4 Å². The van der Waals surface area contributed by atoms with Crippen molar-refractivity contribution in [2.24, 2.45) is 7.05 Å². The molecule has 0 aliphatic carbocycles. The Kier molecular flexibility index (Phi) is 3.65. The summed E-state index contributed by atoms with van der Waals surface area (Å²) in [5.41, 5.74) is 2.16. The maximum absolute atomic E-state index is 13.5. The van der Waals surface area contributed by atoms with Gasteiger partial charge in [-0.3, -0.25) is 4.68 Å². The Labute approximate surface area is 152 Å². The molecule has 3 aromatic heterocycles. The quantitative estimate of drug-likeness (QED) is 0.535. The van der Waals surface area contributed by atoms with E-state index in [4.69, 9.17) is 0 Å². The molecule has 0 aliphatic rings. The first kappa shape index (κ1) is 16.8. The molecule has 0 saturated heterocycles. The van der Waals surface area contributed by atoms with Crippen molar-refractivity contribution < 1.29 is 8.78 Å². The number of nitrogens with zero attached hydrogens (tertiary/aromatic N) is 6. The van der Waals surface area contributed by atoms with Gasteiger partial charge in [0.15, 0.2) is 22.5 Å². The van der Waals surface area contributed by atoms with Gasteiger partial charge < -0.3 is 0 Å². The van der Waals surface area contributed by atoms with E-state index < -0.39 is 11.6 Å². The lowest BCUT2D eigenvalue weighted by molar-refractivity contribution is 0.509. The number of aromatic nitrogens is 6. The van der Waals surface area contributed by atoms with Crippen LogP contribution in [0.15, 0.2) is 24.3 Å². The molecule has 0 atom stereocenters. The second-order valence-electron chi connectivity index (χ2n) is 7.04. The smallest absolute Gasteiger partial charge is 0.235 e. The zero-order valence-electron chi connectivity index (χ0n) is 14.7. The molecule has 0 N–H and O–H groups in total. The van der Waals surface area contributed by atoms with Crippen LogP contribution in [0.5, 0.6) is 0 Å². The highest BCUT2D eigenvalue weighted by molar-refractivity contribution is 7.19. The minimum absolute atomic E-state index is 0.0776. The van der Waals surface area contributed by atoms with Crippen LogP contribution in [0, 0.1) is 11.6 Å². The van der Waals surface area contributed by atoms with Crippen molar-refractivity contribution in [3.63, 3.8) is 0 Å².